The Morgan fingerprint density at radius 3 is 2.69 bits per heavy atom. The number of hydrogen-bond donors (Lipinski definition) is 0. The molecular formula is C22H29N5OS. The first-order valence-corrected chi connectivity index (χ1v) is 11.9. The van der Waals surface area contributed by atoms with Crippen molar-refractivity contribution >= 4 is 22.4 Å². The summed E-state index contributed by atoms with van der Waals surface area (Å²) in [6.45, 7) is 4.09. The number of rotatable bonds is 6. The van der Waals surface area contributed by atoms with Crippen molar-refractivity contribution in [1.29, 1.82) is 0 Å². The summed E-state index contributed by atoms with van der Waals surface area (Å²) in [6, 6.07) is 2.13. The highest BCUT2D eigenvalue weighted by atomic mass is 32.1. The van der Waals surface area contributed by atoms with Gasteiger partial charge in [-0.05, 0) is 37.7 Å². The van der Waals surface area contributed by atoms with Crippen LogP contribution in [0.1, 0.15) is 50.6 Å². The van der Waals surface area contributed by atoms with Crippen molar-refractivity contribution in [3.63, 3.8) is 0 Å². The van der Waals surface area contributed by atoms with Crippen molar-refractivity contribution in [1.82, 2.24) is 24.4 Å². The van der Waals surface area contributed by atoms with Gasteiger partial charge in [0.05, 0.1) is 16.6 Å². The second-order valence-electron chi connectivity index (χ2n) is 8.46. The van der Waals surface area contributed by atoms with Crippen LogP contribution in [0.2, 0.25) is 0 Å². The number of likely N-dealkylation sites (tertiary alicyclic amines) is 1. The summed E-state index contributed by atoms with van der Waals surface area (Å²) in [5, 5.41) is 3.19. The third kappa shape index (κ3) is 4.46. The lowest BCUT2D eigenvalue weighted by Crippen LogP contribution is -2.38. The predicted molar refractivity (Wildman–Crippen MR) is 115 cm³/mol. The molecule has 154 valence electrons. The summed E-state index contributed by atoms with van der Waals surface area (Å²) in [7, 11) is 0. The standard InChI is InChI=1S/C22H29N5OS/c1-2-4-17(5-3-1)12-27-11-8-20-21(27)23-15-24-22(20)28-19-6-9-26(10-7-19)13-18-14-29-16-25-18/h8,11,14-17,19H,1-7,9-10,12-13H2. The third-order valence-corrected chi connectivity index (χ3v) is 7.02. The molecule has 3 aromatic heterocycles. The van der Waals surface area contributed by atoms with Crippen LogP contribution in [0, 0.1) is 5.92 Å². The lowest BCUT2D eigenvalue weighted by molar-refractivity contribution is 0.0939. The molecule has 29 heavy (non-hydrogen) atoms. The van der Waals surface area contributed by atoms with E-state index in [2.05, 4.69) is 42.1 Å². The summed E-state index contributed by atoms with van der Waals surface area (Å²) < 4.78 is 8.65. The molecule has 0 radical (unpaired) electrons. The largest absolute Gasteiger partial charge is 0.474 e. The zero-order chi connectivity index (χ0) is 19.5. The van der Waals surface area contributed by atoms with Crippen molar-refractivity contribution in [2.24, 2.45) is 5.92 Å². The summed E-state index contributed by atoms with van der Waals surface area (Å²) in [5.74, 6) is 1.52. The van der Waals surface area contributed by atoms with Gasteiger partial charge in [0.1, 0.15) is 18.1 Å². The minimum Gasteiger partial charge on any atom is -0.474 e. The first-order valence-electron chi connectivity index (χ1n) is 10.9. The van der Waals surface area contributed by atoms with Gasteiger partial charge in [-0.2, -0.15) is 0 Å². The van der Waals surface area contributed by atoms with Crippen molar-refractivity contribution in [2.75, 3.05) is 13.1 Å². The Hall–Kier alpha value is -1.99. The van der Waals surface area contributed by atoms with Crippen LogP contribution in [0.4, 0.5) is 0 Å². The van der Waals surface area contributed by atoms with E-state index in [4.69, 9.17) is 4.74 Å². The van der Waals surface area contributed by atoms with E-state index in [9.17, 15) is 0 Å². The fraction of sp³-hybridized carbons (Fsp3) is 0.591. The van der Waals surface area contributed by atoms with Gasteiger partial charge < -0.3 is 9.30 Å². The molecule has 0 aromatic carbocycles. The summed E-state index contributed by atoms with van der Waals surface area (Å²) in [5.41, 5.74) is 4.10. The third-order valence-electron chi connectivity index (χ3n) is 6.38. The van der Waals surface area contributed by atoms with Gasteiger partial charge in [-0.1, -0.05) is 19.3 Å². The molecule has 1 aliphatic heterocycles. The van der Waals surface area contributed by atoms with E-state index in [0.29, 0.717) is 0 Å². The van der Waals surface area contributed by atoms with Gasteiger partial charge in [0, 0.05) is 37.8 Å². The lowest BCUT2D eigenvalue weighted by atomic mass is 9.89. The molecule has 0 unspecified atom stereocenters. The van der Waals surface area contributed by atoms with Gasteiger partial charge in [-0.25, -0.2) is 15.0 Å². The van der Waals surface area contributed by atoms with Crippen molar-refractivity contribution in [2.45, 2.75) is 64.1 Å². The first kappa shape index (κ1) is 19.0. The Labute approximate surface area is 175 Å². The molecule has 0 spiro atoms. The van der Waals surface area contributed by atoms with Crippen LogP contribution in [-0.2, 0) is 13.1 Å². The fourth-order valence-electron chi connectivity index (χ4n) is 4.76. The predicted octanol–water partition coefficient (Wildman–Crippen LogP) is 4.51. The second-order valence-corrected chi connectivity index (χ2v) is 9.18. The van der Waals surface area contributed by atoms with Crippen LogP contribution >= 0.6 is 11.3 Å². The van der Waals surface area contributed by atoms with E-state index in [1.54, 1.807) is 17.7 Å². The van der Waals surface area contributed by atoms with Crippen molar-refractivity contribution < 1.29 is 4.74 Å². The minimum absolute atomic E-state index is 0.224. The average Bonchev–Trinajstić information content (AvgIpc) is 3.41. The van der Waals surface area contributed by atoms with E-state index in [-0.39, 0.29) is 6.10 Å². The first-order chi connectivity index (χ1) is 14.3. The molecule has 1 saturated carbocycles. The molecule has 4 heterocycles. The molecule has 1 aliphatic carbocycles. The molecule has 2 fully saturated rings. The van der Waals surface area contributed by atoms with E-state index in [1.807, 2.05) is 5.51 Å². The van der Waals surface area contributed by atoms with E-state index in [1.165, 1.54) is 37.8 Å². The average molecular weight is 412 g/mol. The minimum atomic E-state index is 0.224. The molecule has 0 N–H and O–H groups in total. The molecule has 0 atom stereocenters. The second kappa shape index (κ2) is 8.79. The Kier molecular flexibility index (Phi) is 5.76. The number of nitrogens with zero attached hydrogens (tertiary/aromatic N) is 5. The Bertz CT molecular complexity index is 911. The van der Waals surface area contributed by atoms with Crippen molar-refractivity contribution in [3.8, 4) is 5.88 Å². The van der Waals surface area contributed by atoms with Gasteiger partial charge in [0.15, 0.2) is 0 Å². The van der Waals surface area contributed by atoms with Crippen LogP contribution in [0.5, 0.6) is 5.88 Å². The van der Waals surface area contributed by atoms with E-state index < -0.39 is 0 Å². The molecule has 3 aromatic rings. The summed E-state index contributed by atoms with van der Waals surface area (Å²) in [4.78, 5) is 15.9. The van der Waals surface area contributed by atoms with Gasteiger partial charge in [0.2, 0.25) is 5.88 Å². The smallest absolute Gasteiger partial charge is 0.226 e. The number of hydrogen-bond acceptors (Lipinski definition) is 6. The monoisotopic (exact) mass is 411 g/mol. The Morgan fingerprint density at radius 2 is 1.90 bits per heavy atom. The topological polar surface area (TPSA) is 56.1 Å². The van der Waals surface area contributed by atoms with Crippen LogP contribution in [0.25, 0.3) is 11.0 Å². The SMILES string of the molecule is c1nc(OC2CCN(Cc3cscn3)CC2)c2ccn(CC3CCCCC3)c2n1. The summed E-state index contributed by atoms with van der Waals surface area (Å²) in [6.07, 6.45) is 12.9. The molecule has 1 saturated heterocycles. The van der Waals surface area contributed by atoms with Gasteiger partial charge in [-0.15, -0.1) is 11.3 Å². The molecule has 0 bridgehead atoms. The molecule has 5 rings (SSSR count). The number of piperidine rings is 1. The molecule has 2 aliphatic rings. The number of ether oxygens (including phenoxy) is 1. The molecular weight excluding hydrogens is 382 g/mol. The number of fused-ring (bicyclic) bond motifs is 1. The quantitative estimate of drug-likeness (QED) is 0.597. The van der Waals surface area contributed by atoms with Crippen LogP contribution in [0.15, 0.2) is 29.5 Å². The zero-order valence-electron chi connectivity index (χ0n) is 16.9. The molecule has 6 nitrogen and oxygen atoms in total. The molecule has 7 heteroatoms. The lowest BCUT2D eigenvalue weighted by Gasteiger charge is -2.31. The summed E-state index contributed by atoms with van der Waals surface area (Å²) >= 11 is 1.67. The van der Waals surface area contributed by atoms with Crippen LogP contribution < -0.4 is 4.74 Å². The van der Waals surface area contributed by atoms with Crippen LogP contribution in [-0.4, -0.2) is 43.6 Å². The normalized spacial score (nSPS) is 19.7. The Morgan fingerprint density at radius 1 is 1.03 bits per heavy atom. The van der Waals surface area contributed by atoms with Crippen molar-refractivity contribution in [3.05, 3.63) is 35.2 Å². The zero-order valence-corrected chi connectivity index (χ0v) is 17.7. The maximum atomic E-state index is 6.35. The fourth-order valence-corrected chi connectivity index (χ4v) is 5.31. The number of thiazole rings is 1. The maximum absolute atomic E-state index is 6.35. The highest BCUT2D eigenvalue weighted by Gasteiger charge is 2.23. The Balaban J connectivity index is 1.22. The molecule has 0 amide bonds. The van der Waals surface area contributed by atoms with Gasteiger partial charge >= 0.3 is 0 Å². The highest BCUT2D eigenvalue weighted by molar-refractivity contribution is 7.07. The van der Waals surface area contributed by atoms with Gasteiger partial charge in [-0.3, -0.25) is 4.90 Å². The maximum Gasteiger partial charge on any atom is 0.226 e. The number of aromatic nitrogens is 4. The van der Waals surface area contributed by atoms with E-state index in [0.717, 1.165) is 61.9 Å². The highest BCUT2D eigenvalue weighted by Crippen LogP contribution is 2.29. The van der Waals surface area contributed by atoms with Gasteiger partial charge in [0.25, 0.3) is 0 Å². The van der Waals surface area contributed by atoms with E-state index >= 15 is 0 Å². The van der Waals surface area contributed by atoms with Crippen LogP contribution in [0.3, 0.4) is 0 Å².